The fourth-order valence-corrected chi connectivity index (χ4v) is 2.06. The average Bonchev–Trinajstić information content (AvgIpc) is 2.82. The molecule has 1 aliphatic rings. The van der Waals surface area contributed by atoms with Crippen molar-refractivity contribution in [2.45, 2.75) is 13.0 Å². The van der Waals surface area contributed by atoms with Gasteiger partial charge in [0, 0.05) is 32.7 Å². The van der Waals surface area contributed by atoms with Crippen molar-refractivity contribution in [1.82, 2.24) is 9.80 Å². The van der Waals surface area contributed by atoms with Gasteiger partial charge in [-0.3, -0.25) is 9.69 Å². The molecule has 17 heavy (non-hydrogen) atoms. The summed E-state index contributed by atoms with van der Waals surface area (Å²) in [5, 5.41) is 9.29. The van der Waals surface area contributed by atoms with Gasteiger partial charge in [-0.05, 0) is 19.1 Å². The lowest BCUT2D eigenvalue weighted by atomic mass is 10.2. The Hall–Kier alpha value is -1.33. The van der Waals surface area contributed by atoms with Crippen LogP contribution in [0.2, 0.25) is 0 Å². The van der Waals surface area contributed by atoms with Crippen molar-refractivity contribution in [3.8, 4) is 0 Å². The van der Waals surface area contributed by atoms with Gasteiger partial charge in [0.15, 0.2) is 5.76 Å². The van der Waals surface area contributed by atoms with E-state index in [1.165, 1.54) is 6.26 Å². The Morgan fingerprint density at radius 1 is 1.47 bits per heavy atom. The fourth-order valence-electron chi connectivity index (χ4n) is 2.06. The maximum Gasteiger partial charge on any atom is 0.289 e. The van der Waals surface area contributed by atoms with Crippen molar-refractivity contribution >= 4 is 5.91 Å². The van der Waals surface area contributed by atoms with E-state index in [0.29, 0.717) is 25.4 Å². The molecular weight excluding hydrogens is 220 g/mol. The molecule has 0 unspecified atom stereocenters. The highest BCUT2D eigenvalue weighted by molar-refractivity contribution is 5.91. The van der Waals surface area contributed by atoms with E-state index in [0.717, 1.165) is 13.1 Å². The molecule has 5 heteroatoms. The molecule has 2 rings (SSSR count). The van der Waals surface area contributed by atoms with E-state index in [1.807, 2.05) is 0 Å². The van der Waals surface area contributed by atoms with E-state index >= 15 is 0 Å². The lowest BCUT2D eigenvalue weighted by Gasteiger charge is -2.34. The summed E-state index contributed by atoms with van der Waals surface area (Å²) in [6.45, 7) is 5.43. The van der Waals surface area contributed by atoms with Crippen LogP contribution >= 0.6 is 0 Å². The summed E-state index contributed by atoms with van der Waals surface area (Å²) < 4.78 is 5.10. The summed E-state index contributed by atoms with van der Waals surface area (Å²) in [4.78, 5) is 15.9. The van der Waals surface area contributed by atoms with E-state index in [9.17, 15) is 9.90 Å². The van der Waals surface area contributed by atoms with Gasteiger partial charge in [-0.25, -0.2) is 0 Å². The number of amides is 1. The topological polar surface area (TPSA) is 56.9 Å². The number of rotatable bonds is 3. The van der Waals surface area contributed by atoms with Crippen molar-refractivity contribution in [1.29, 1.82) is 0 Å². The first-order chi connectivity index (χ1) is 8.16. The Morgan fingerprint density at radius 3 is 2.71 bits per heavy atom. The molecule has 1 N–H and O–H groups in total. The standard InChI is InChI=1S/C12H18N2O3/c1-10(15)9-13-4-6-14(7-5-13)12(16)11-3-2-8-17-11/h2-3,8,10,15H,4-7,9H2,1H3/t10-/m0/s1. The van der Waals surface area contributed by atoms with Gasteiger partial charge in [0.2, 0.25) is 0 Å². The Kier molecular flexibility index (Phi) is 3.81. The maximum atomic E-state index is 12.0. The highest BCUT2D eigenvalue weighted by Crippen LogP contribution is 2.09. The summed E-state index contributed by atoms with van der Waals surface area (Å²) in [5.74, 6) is 0.348. The highest BCUT2D eigenvalue weighted by atomic mass is 16.3. The average molecular weight is 238 g/mol. The molecule has 1 aliphatic heterocycles. The third-order valence-corrected chi connectivity index (χ3v) is 2.91. The number of carbonyl (C=O) groups is 1. The van der Waals surface area contributed by atoms with Crippen LogP contribution in [0.25, 0.3) is 0 Å². The molecule has 1 saturated heterocycles. The van der Waals surface area contributed by atoms with E-state index < -0.39 is 0 Å². The van der Waals surface area contributed by atoms with Crippen molar-refractivity contribution in [3.63, 3.8) is 0 Å². The van der Waals surface area contributed by atoms with E-state index in [4.69, 9.17) is 4.42 Å². The summed E-state index contributed by atoms with van der Waals surface area (Å²) in [6.07, 6.45) is 1.19. The van der Waals surface area contributed by atoms with E-state index in [1.54, 1.807) is 24.0 Å². The molecular formula is C12H18N2O3. The summed E-state index contributed by atoms with van der Waals surface area (Å²) in [5.41, 5.74) is 0. The summed E-state index contributed by atoms with van der Waals surface area (Å²) in [6, 6.07) is 3.40. The number of hydrogen-bond acceptors (Lipinski definition) is 4. The van der Waals surface area contributed by atoms with Crippen LogP contribution in [-0.4, -0.2) is 59.6 Å². The lowest BCUT2D eigenvalue weighted by molar-refractivity contribution is 0.0528. The van der Waals surface area contributed by atoms with Gasteiger partial charge in [-0.1, -0.05) is 0 Å². The third kappa shape index (κ3) is 3.08. The van der Waals surface area contributed by atoms with Gasteiger partial charge in [-0.2, -0.15) is 0 Å². The summed E-state index contributed by atoms with van der Waals surface area (Å²) in [7, 11) is 0. The van der Waals surface area contributed by atoms with Crippen LogP contribution in [0.1, 0.15) is 17.5 Å². The van der Waals surface area contributed by atoms with Gasteiger partial charge in [-0.15, -0.1) is 0 Å². The maximum absolute atomic E-state index is 12.0. The minimum Gasteiger partial charge on any atom is -0.459 e. The third-order valence-electron chi connectivity index (χ3n) is 2.91. The molecule has 0 saturated carbocycles. The first kappa shape index (κ1) is 12.1. The molecule has 0 aromatic carbocycles. The Labute approximate surface area is 101 Å². The molecule has 5 nitrogen and oxygen atoms in total. The quantitative estimate of drug-likeness (QED) is 0.829. The molecule has 94 valence electrons. The number of β-amino-alcohol motifs (C(OH)–C–C–N with tert-alkyl or cyclic N) is 1. The van der Waals surface area contributed by atoms with Gasteiger partial charge < -0.3 is 14.4 Å². The predicted molar refractivity (Wildman–Crippen MR) is 62.7 cm³/mol. The van der Waals surface area contributed by atoms with Crippen molar-refractivity contribution < 1.29 is 14.3 Å². The highest BCUT2D eigenvalue weighted by Gasteiger charge is 2.23. The smallest absolute Gasteiger partial charge is 0.289 e. The van der Waals surface area contributed by atoms with Crippen LogP contribution < -0.4 is 0 Å². The van der Waals surface area contributed by atoms with Crippen LogP contribution in [0.15, 0.2) is 22.8 Å². The van der Waals surface area contributed by atoms with E-state index in [-0.39, 0.29) is 12.0 Å². The molecule has 1 aromatic rings. The van der Waals surface area contributed by atoms with Crippen LogP contribution in [0, 0.1) is 0 Å². The second kappa shape index (κ2) is 5.33. The van der Waals surface area contributed by atoms with Crippen LogP contribution in [0.3, 0.4) is 0 Å². The number of nitrogens with zero attached hydrogens (tertiary/aromatic N) is 2. The van der Waals surface area contributed by atoms with Gasteiger partial charge in [0.25, 0.3) is 5.91 Å². The molecule has 0 radical (unpaired) electrons. The molecule has 0 bridgehead atoms. The number of aliphatic hydroxyl groups is 1. The lowest BCUT2D eigenvalue weighted by Crippen LogP contribution is -2.50. The van der Waals surface area contributed by atoms with Crippen molar-refractivity contribution in [2.75, 3.05) is 32.7 Å². The Morgan fingerprint density at radius 2 is 2.18 bits per heavy atom. The monoisotopic (exact) mass is 238 g/mol. The number of furan rings is 1. The van der Waals surface area contributed by atoms with Crippen molar-refractivity contribution in [2.24, 2.45) is 0 Å². The Bertz CT molecular complexity index is 354. The number of piperazine rings is 1. The molecule has 0 aliphatic carbocycles. The summed E-state index contributed by atoms with van der Waals surface area (Å²) >= 11 is 0. The largest absolute Gasteiger partial charge is 0.459 e. The molecule has 0 spiro atoms. The molecule has 1 amide bonds. The zero-order valence-electron chi connectivity index (χ0n) is 10.0. The van der Waals surface area contributed by atoms with Gasteiger partial charge in [0.05, 0.1) is 12.4 Å². The second-order valence-corrected chi connectivity index (χ2v) is 4.42. The molecule has 2 heterocycles. The minimum absolute atomic E-state index is 0.0494. The predicted octanol–water partition coefficient (Wildman–Crippen LogP) is 0.418. The van der Waals surface area contributed by atoms with Crippen LogP contribution in [0.4, 0.5) is 0 Å². The van der Waals surface area contributed by atoms with E-state index in [2.05, 4.69) is 4.90 Å². The number of hydrogen-bond donors (Lipinski definition) is 1. The van der Waals surface area contributed by atoms with Crippen molar-refractivity contribution in [3.05, 3.63) is 24.2 Å². The molecule has 1 atom stereocenters. The minimum atomic E-state index is -0.317. The Balaban J connectivity index is 1.85. The zero-order valence-corrected chi connectivity index (χ0v) is 10.0. The zero-order chi connectivity index (χ0) is 12.3. The fraction of sp³-hybridized carbons (Fsp3) is 0.583. The van der Waals surface area contributed by atoms with Crippen LogP contribution in [0.5, 0.6) is 0 Å². The van der Waals surface area contributed by atoms with Gasteiger partial charge >= 0.3 is 0 Å². The SMILES string of the molecule is C[C@H](O)CN1CCN(C(=O)c2ccco2)CC1. The first-order valence-corrected chi connectivity index (χ1v) is 5.90. The number of carbonyl (C=O) groups excluding carboxylic acids is 1. The second-order valence-electron chi connectivity index (χ2n) is 4.42. The van der Waals surface area contributed by atoms with Gasteiger partial charge in [0.1, 0.15) is 0 Å². The number of aliphatic hydroxyl groups excluding tert-OH is 1. The molecule has 1 aromatic heterocycles. The normalized spacial score (nSPS) is 19.3. The molecule has 1 fully saturated rings. The first-order valence-electron chi connectivity index (χ1n) is 5.90. The van der Waals surface area contributed by atoms with Crippen LogP contribution in [-0.2, 0) is 0 Å².